The monoisotopic (exact) mass is 538 g/mol. The molecule has 2 aliphatic rings. The summed E-state index contributed by atoms with van der Waals surface area (Å²) in [5.41, 5.74) is 0.287. The van der Waals surface area contributed by atoms with E-state index in [4.69, 9.17) is 9.73 Å². The second kappa shape index (κ2) is 11.4. The van der Waals surface area contributed by atoms with Crippen molar-refractivity contribution in [2.24, 2.45) is 4.99 Å². The van der Waals surface area contributed by atoms with E-state index >= 15 is 0 Å². The number of hydrogen-bond donors (Lipinski definition) is 2. The van der Waals surface area contributed by atoms with Crippen molar-refractivity contribution in [3.8, 4) is 0 Å². The van der Waals surface area contributed by atoms with E-state index < -0.39 is 0 Å². The lowest BCUT2D eigenvalue weighted by Gasteiger charge is -2.43. The molecule has 1 atom stereocenters. The summed E-state index contributed by atoms with van der Waals surface area (Å²) in [5, 5.41) is 9.25. The molecule has 0 saturated carbocycles. The molecule has 28 heavy (non-hydrogen) atoms. The van der Waals surface area contributed by atoms with Crippen LogP contribution in [0, 0.1) is 0 Å². The van der Waals surface area contributed by atoms with Crippen LogP contribution in [0.2, 0.25) is 0 Å². The first-order valence-corrected chi connectivity index (χ1v) is 12.1. The van der Waals surface area contributed by atoms with Crippen molar-refractivity contribution in [1.29, 1.82) is 0 Å². The summed E-state index contributed by atoms with van der Waals surface area (Å²) >= 11 is 3.89. The molecule has 0 spiro atoms. The number of nitrogens with zero attached hydrogens (tertiary/aromatic N) is 2. The van der Waals surface area contributed by atoms with Crippen LogP contribution in [0.5, 0.6) is 0 Å². The molecule has 0 radical (unpaired) electrons. The van der Waals surface area contributed by atoms with Crippen molar-refractivity contribution >= 4 is 53.0 Å². The number of guanidine groups is 1. The molecule has 2 N–H and O–H groups in total. The number of ether oxygens (including phenoxy) is 1. The van der Waals surface area contributed by atoms with E-state index in [0.29, 0.717) is 0 Å². The van der Waals surface area contributed by atoms with Gasteiger partial charge in [-0.2, -0.15) is 11.8 Å². The fourth-order valence-electron chi connectivity index (χ4n) is 3.74. The van der Waals surface area contributed by atoms with Gasteiger partial charge in [-0.05, 0) is 30.5 Å². The zero-order valence-corrected chi connectivity index (χ0v) is 21.3. The van der Waals surface area contributed by atoms with Crippen LogP contribution < -0.4 is 10.6 Å². The molecule has 2 aliphatic heterocycles. The summed E-state index contributed by atoms with van der Waals surface area (Å²) in [6.45, 7) is 13.1. The van der Waals surface area contributed by atoms with Gasteiger partial charge >= 0.3 is 0 Å². The van der Waals surface area contributed by atoms with Gasteiger partial charge in [-0.3, -0.25) is 9.89 Å². The SMILES string of the molecule is CCNC(=NCC(C)(C)c1cccs1)NCC1(N2CCOCC2)CCSC1.I. The third kappa shape index (κ3) is 6.23. The number of thioether (sulfide) groups is 1. The average molecular weight is 539 g/mol. The molecule has 0 aromatic carbocycles. The van der Waals surface area contributed by atoms with Crippen LogP contribution in [0.15, 0.2) is 22.5 Å². The summed E-state index contributed by atoms with van der Waals surface area (Å²) in [4.78, 5) is 8.96. The topological polar surface area (TPSA) is 48.9 Å². The number of nitrogens with one attached hydrogen (secondary N) is 2. The Kier molecular flexibility index (Phi) is 9.86. The summed E-state index contributed by atoms with van der Waals surface area (Å²) in [6, 6.07) is 4.34. The first-order chi connectivity index (χ1) is 13.1. The highest BCUT2D eigenvalue weighted by Crippen LogP contribution is 2.33. The standard InChI is InChI=1S/C20H34N4OS2.HI/c1-4-21-18(22-14-19(2,3)17-6-5-12-27-17)23-15-20(7-13-26-16-20)24-8-10-25-11-9-24;/h5-6,12H,4,7-11,13-16H2,1-3H3,(H2,21,22,23);1H. The molecular formula is C20H35IN4OS2. The van der Waals surface area contributed by atoms with E-state index in [-0.39, 0.29) is 34.9 Å². The first-order valence-electron chi connectivity index (χ1n) is 10.0. The summed E-state index contributed by atoms with van der Waals surface area (Å²) < 4.78 is 5.58. The molecule has 3 rings (SSSR count). The van der Waals surface area contributed by atoms with E-state index in [0.717, 1.165) is 51.9 Å². The van der Waals surface area contributed by atoms with Crippen LogP contribution in [-0.4, -0.2) is 73.8 Å². The molecule has 0 amide bonds. The molecule has 1 unspecified atom stereocenters. The van der Waals surface area contributed by atoms with Crippen LogP contribution >= 0.6 is 47.1 Å². The molecule has 8 heteroatoms. The Morgan fingerprint density at radius 3 is 2.71 bits per heavy atom. The molecule has 2 saturated heterocycles. The lowest BCUT2D eigenvalue weighted by atomic mass is 9.92. The average Bonchev–Trinajstić information content (AvgIpc) is 3.38. The van der Waals surface area contributed by atoms with Gasteiger partial charge in [0.05, 0.1) is 19.8 Å². The van der Waals surface area contributed by atoms with Crippen LogP contribution in [-0.2, 0) is 10.2 Å². The third-order valence-corrected chi connectivity index (χ3v) is 7.98. The highest BCUT2D eigenvalue weighted by molar-refractivity contribution is 14.0. The van der Waals surface area contributed by atoms with E-state index in [1.165, 1.54) is 22.8 Å². The van der Waals surface area contributed by atoms with Gasteiger partial charge in [0.15, 0.2) is 5.96 Å². The van der Waals surface area contributed by atoms with Crippen LogP contribution in [0.1, 0.15) is 32.1 Å². The van der Waals surface area contributed by atoms with Crippen molar-refractivity contribution in [3.05, 3.63) is 22.4 Å². The molecule has 2 fully saturated rings. The molecule has 160 valence electrons. The Hall–Kier alpha value is -0.0300. The minimum absolute atomic E-state index is 0. The predicted molar refractivity (Wildman–Crippen MR) is 134 cm³/mol. The van der Waals surface area contributed by atoms with Crippen molar-refractivity contribution in [2.75, 3.05) is 57.4 Å². The molecule has 1 aromatic rings. The largest absolute Gasteiger partial charge is 0.379 e. The smallest absolute Gasteiger partial charge is 0.191 e. The normalized spacial score (nSPS) is 24.0. The molecule has 0 aliphatic carbocycles. The van der Waals surface area contributed by atoms with Gasteiger partial charge in [0.25, 0.3) is 0 Å². The minimum atomic E-state index is 0. The van der Waals surface area contributed by atoms with E-state index in [9.17, 15) is 0 Å². The van der Waals surface area contributed by atoms with Gasteiger partial charge in [-0.25, -0.2) is 0 Å². The van der Waals surface area contributed by atoms with E-state index in [2.05, 4.69) is 65.6 Å². The van der Waals surface area contributed by atoms with Crippen molar-refractivity contribution < 1.29 is 4.74 Å². The number of hydrogen-bond acceptors (Lipinski definition) is 5. The summed E-state index contributed by atoms with van der Waals surface area (Å²) in [5.74, 6) is 3.38. The number of morpholine rings is 1. The van der Waals surface area contributed by atoms with E-state index in [1.807, 2.05) is 11.3 Å². The number of thiophene rings is 1. The Labute approximate surface area is 195 Å². The molecule has 3 heterocycles. The molecule has 5 nitrogen and oxygen atoms in total. The lowest BCUT2D eigenvalue weighted by Crippen LogP contribution is -2.60. The number of halogens is 1. The fraction of sp³-hybridized carbons (Fsp3) is 0.750. The third-order valence-electron chi connectivity index (χ3n) is 5.51. The fourth-order valence-corrected chi connectivity index (χ4v) is 6.07. The second-order valence-electron chi connectivity index (χ2n) is 8.04. The predicted octanol–water partition coefficient (Wildman–Crippen LogP) is 3.41. The Morgan fingerprint density at radius 1 is 1.32 bits per heavy atom. The zero-order valence-electron chi connectivity index (χ0n) is 17.3. The van der Waals surface area contributed by atoms with E-state index in [1.54, 1.807) is 0 Å². The highest BCUT2D eigenvalue weighted by atomic mass is 127. The van der Waals surface area contributed by atoms with Gasteiger partial charge in [0.2, 0.25) is 0 Å². The highest BCUT2D eigenvalue weighted by Gasteiger charge is 2.40. The zero-order chi connectivity index (χ0) is 19.2. The number of rotatable bonds is 7. The maximum Gasteiger partial charge on any atom is 0.191 e. The Morgan fingerprint density at radius 2 is 2.11 bits per heavy atom. The van der Waals surface area contributed by atoms with Crippen LogP contribution in [0.4, 0.5) is 0 Å². The summed E-state index contributed by atoms with van der Waals surface area (Å²) in [6.07, 6.45) is 1.24. The first kappa shape index (κ1) is 24.2. The van der Waals surface area contributed by atoms with Crippen LogP contribution in [0.25, 0.3) is 0 Å². The Balaban J connectivity index is 0.00000280. The quantitative estimate of drug-likeness (QED) is 0.317. The molecular weight excluding hydrogens is 503 g/mol. The van der Waals surface area contributed by atoms with Gasteiger partial charge < -0.3 is 15.4 Å². The summed E-state index contributed by atoms with van der Waals surface area (Å²) in [7, 11) is 0. The molecule has 0 bridgehead atoms. The van der Waals surface area contributed by atoms with Crippen molar-refractivity contribution in [2.45, 2.75) is 38.1 Å². The van der Waals surface area contributed by atoms with Crippen molar-refractivity contribution in [1.82, 2.24) is 15.5 Å². The maximum absolute atomic E-state index is 5.58. The van der Waals surface area contributed by atoms with Gasteiger partial charge in [0, 0.05) is 47.8 Å². The van der Waals surface area contributed by atoms with Gasteiger partial charge in [-0.1, -0.05) is 19.9 Å². The van der Waals surface area contributed by atoms with Gasteiger partial charge in [0.1, 0.15) is 0 Å². The van der Waals surface area contributed by atoms with Gasteiger partial charge in [-0.15, -0.1) is 35.3 Å². The minimum Gasteiger partial charge on any atom is -0.379 e. The molecule has 1 aromatic heterocycles. The second-order valence-corrected chi connectivity index (χ2v) is 10.1. The number of aliphatic imine (C=N–C) groups is 1. The maximum atomic E-state index is 5.58. The van der Waals surface area contributed by atoms with Crippen molar-refractivity contribution in [3.63, 3.8) is 0 Å². The van der Waals surface area contributed by atoms with Crippen LogP contribution in [0.3, 0.4) is 0 Å². The lowest BCUT2D eigenvalue weighted by molar-refractivity contribution is -0.0120. The Bertz CT molecular complexity index is 597.